The summed E-state index contributed by atoms with van der Waals surface area (Å²) in [6, 6.07) is 0. The molecule has 2 aliphatic carbocycles. The van der Waals surface area contributed by atoms with Crippen LogP contribution >= 0.6 is 0 Å². The normalized spacial score (nSPS) is 27.3. The average Bonchev–Trinajstić information content (AvgIpc) is 2.73. The topological polar surface area (TPSA) is 52.6 Å². The molecule has 0 amide bonds. The minimum atomic E-state index is -2.19. The van der Waals surface area contributed by atoms with Crippen LogP contribution in [-0.2, 0) is 19.1 Å². The van der Waals surface area contributed by atoms with Crippen LogP contribution in [0, 0.1) is 11.8 Å². The van der Waals surface area contributed by atoms with E-state index in [1.807, 2.05) is 0 Å². The summed E-state index contributed by atoms with van der Waals surface area (Å²) in [5.41, 5.74) is 0. The van der Waals surface area contributed by atoms with Crippen molar-refractivity contribution in [1.29, 1.82) is 0 Å². The van der Waals surface area contributed by atoms with Gasteiger partial charge in [0.25, 0.3) is 0 Å². The van der Waals surface area contributed by atoms with E-state index in [2.05, 4.69) is 34.5 Å². The summed E-state index contributed by atoms with van der Waals surface area (Å²) >= 11 is -4.39. The van der Waals surface area contributed by atoms with Crippen molar-refractivity contribution in [2.75, 3.05) is 13.2 Å². The van der Waals surface area contributed by atoms with Gasteiger partial charge in [0, 0.05) is 0 Å². The Balaban J connectivity index is 1.52. The number of rotatable bonds is 13. The van der Waals surface area contributed by atoms with E-state index in [1.54, 1.807) is 0 Å². The fourth-order valence-electron chi connectivity index (χ4n) is 5.35. The summed E-state index contributed by atoms with van der Waals surface area (Å²) in [4.78, 5) is 25.3. The quantitative estimate of drug-likeness (QED) is 0.185. The van der Waals surface area contributed by atoms with Crippen LogP contribution < -0.4 is 0 Å². The predicted octanol–water partition coefficient (Wildman–Crippen LogP) is 6.59. The van der Waals surface area contributed by atoms with E-state index in [0.29, 0.717) is 21.4 Å². The summed E-state index contributed by atoms with van der Waals surface area (Å²) < 4.78 is 13.5. The summed E-state index contributed by atoms with van der Waals surface area (Å²) in [6.07, 6.45) is 13.8. The molecular weight excluding hydrogens is 522 g/mol. The molecule has 2 rings (SSSR count). The molecular formula is C26H50Ge2O4. The zero-order chi connectivity index (χ0) is 23.8. The second-order valence-corrected chi connectivity index (χ2v) is 33.3. The number of carbonyl (C=O) groups excluding carboxylic acids is 2. The summed E-state index contributed by atoms with van der Waals surface area (Å²) in [7, 11) is 0. The first kappa shape index (κ1) is 28.6. The molecule has 32 heavy (non-hydrogen) atoms. The molecule has 186 valence electrons. The number of unbranched alkanes of at least 4 members (excludes halogenated alkanes) is 3. The Morgan fingerprint density at radius 3 is 1.34 bits per heavy atom. The molecule has 0 N–H and O–H groups in total. The Hall–Kier alpha value is 0.346. The third-order valence-corrected chi connectivity index (χ3v) is 15.1. The Morgan fingerprint density at radius 1 is 0.625 bits per heavy atom. The fraction of sp³-hybridized carbons (Fsp3) is 0.923. The fourth-order valence-corrected chi connectivity index (χ4v) is 11.6. The summed E-state index contributed by atoms with van der Waals surface area (Å²) in [5.74, 6) is 13.9. The van der Waals surface area contributed by atoms with Crippen LogP contribution in [-0.4, -0.2) is 61.2 Å². The van der Waals surface area contributed by atoms with E-state index in [4.69, 9.17) is 9.47 Å². The molecule has 4 nitrogen and oxygen atoms in total. The van der Waals surface area contributed by atoms with Crippen molar-refractivity contribution < 1.29 is 19.1 Å². The molecule has 6 heteroatoms. The number of ether oxygens (including phenoxy) is 2. The van der Waals surface area contributed by atoms with Gasteiger partial charge in [-0.2, -0.15) is 0 Å². The minimum absolute atomic E-state index is 0.270. The average molecular weight is 572 g/mol. The molecule has 0 heterocycles. The Kier molecular flexibility index (Phi) is 12.0. The van der Waals surface area contributed by atoms with Crippen molar-refractivity contribution in [3.8, 4) is 0 Å². The molecule has 0 bridgehead atoms. The van der Waals surface area contributed by atoms with Gasteiger partial charge in [0.15, 0.2) is 0 Å². The van der Waals surface area contributed by atoms with Gasteiger partial charge in [0.05, 0.1) is 0 Å². The Morgan fingerprint density at radius 2 is 1.00 bits per heavy atom. The molecule has 0 radical (unpaired) electrons. The van der Waals surface area contributed by atoms with Crippen LogP contribution in [0.3, 0.4) is 0 Å². The maximum atomic E-state index is 12.7. The molecule has 0 aromatic heterocycles. The third kappa shape index (κ3) is 9.91. The molecule has 2 saturated carbocycles. The van der Waals surface area contributed by atoms with Crippen LogP contribution in [0.4, 0.5) is 0 Å². The first-order valence-corrected chi connectivity index (χ1v) is 28.0. The molecule has 4 unspecified atom stereocenters. The van der Waals surface area contributed by atoms with Crippen LogP contribution in [0.2, 0.25) is 34.5 Å². The molecule has 0 saturated heterocycles. The molecule has 0 aromatic rings. The number of hydrogen-bond donors (Lipinski definition) is 0. The van der Waals surface area contributed by atoms with Crippen LogP contribution in [0.25, 0.3) is 0 Å². The van der Waals surface area contributed by atoms with Gasteiger partial charge in [-0.25, -0.2) is 0 Å². The van der Waals surface area contributed by atoms with Crippen molar-refractivity contribution >= 4 is 35.8 Å². The second kappa shape index (κ2) is 13.4. The van der Waals surface area contributed by atoms with Gasteiger partial charge in [-0.05, 0) is 0 Å². The third-order valence-electron chi connectivity index (χ3n) is 7.22. The van der Waals surface area contributed by atoms with Crippen molar-refractivity contribution in [3.63, 3.8) is 0 Å². The number of hydrogen-bond acceptors (Lipinski definition) is 4. The number of carbonyl (C=O) groups is 2. The van der Waals surface area contributed by atoms with Gasteiger partial charge in [-0.3, -0.25) is 0 Å². The molecule has 2 aliphatic rings. The van der Waals surface area contributed by atoms with Crippen molar-refractivity contribution in [2.45, 2.75) is 124 Å². The van der Waals surface area contributed by atoms with Crippen molar-refractivity contribution in [1.82, 2.24) is 0 Å². The summed E-state index contributed by atoms with van der Waals surface area (Å²) in [5, 5.41) is 0. The molecule has 4 atom stereocenters. The van der Waals surface area contributed by atoms with Gasteiger partial charge < -0.3 is 0 Å². The van der Waals surface area contributed by atoms with Crippen molar-refractivity contribution in [3.05, 3.63) is 0 Å². The standard InChI is InChI=1S/C26H50Ge2O4/c1-27(2,3)25(29)21-13-11-15-23(19-21)31-17-9-7-8-10-18-32-24-16-12-14-22(20-24)26(30)28(4,5)6/h21-24H,7-20H2,1-6H3. The van der Waals surface area contributed by atoms with Gasteiger partial charge in [0.2, 0.25) is 0 Å². The maximum absolute atomic E-state index is 12.7. The van der Waals surface area contributed by atoms with Gasteiger partial charge >= 0.3 is 204 Å². The summed E-state index contributed by atoms with van der Waals surface area (Å²) in [6.45, 7) is 1.65. The van der Waals surface area contributed by atoms with E-state index in [9.17, 15) is 9.59 Å². The predicted molar refractivity (Wildman–Crippen MR) is 139 cm³/mol. The zero-order valence-corrected chi connectivity index (χ0v) is 26.0. The van der Waals surface area contributed by atoms with E-state index in [0.717, 1.165) is 77.4 Å². The molecule has 0 aliphatic heterocycles. The van der Waals surface area contributed by atoms with Crippen molar-refractivity contribution in [2.24, 2.45) is 11.8 Å². The van der Waals surface area contributed by atoms with Gasteiger partial charge in [0.1, 0.15) is 0 Å². The second-order valence-electron chi connectivity index (χ2n) is 12.4. The van der Waals surface area contributed by atoms with Crippen LogP contribution in [0.5, 0.6) is 0 Å². The zero-order valence-electron chi connectivity index (χ0n) is 21.8. The molecule has 0 aromatic carbocycles. The molecule has 0 spiro atoms. The van der Waals surface area contributed by atoms with E-state index < -0.39 is 26.5 Å². The van der Waals surface area contributed by atoms with Gasteiger partial charge in [-0.1, -0.05) is 0 Å². The first-order chi connectivity index (χ1) is 15.0. The Labute approximate surface area is 203 Å². The Bertz CT molecular complexity index is 542. The van der Waals surface area contributed by atoms with Gasteiger partial charge in [-0.15, -0.1) is 0 Å². The monoisotopic (exact) mass is 574 g/mol. The van der Waals surface area contributed by atoms with E-state index >= 15 is 0 Å². The molecule has 2 fully saturated rings. The first-order valence-electron chi connectivity index (χ1n) is 13.3. The van der Waals surface area contributed by atoms with E-state index in [-0.39, 0.29) is 11.8 Å². The SMILES string of the molecule is [CH3][Ge]([CH3])([CH3])[C](=O)C1CCCC(OCCCCCCOC2CCCC([C](=O)[Ge]([CH3])([CH3])[CH3])C2)C1. The van der Waals surface area contributed by atoms with E-state index in [1.165, 1.54) is 12.8 Å². The van der Waals surface area contributed by atoms with Crippen LogP contribution in [0.1, 0.15) is 77.0 Å². The van der Waals surface area contributed by atoms with Crippen LogP contribution in [0.15, 0.2) is 0 Å².